The van der Waals surface area contributed by atoms with Crippen LogP contribution in [0, 0.1) is 0 Å². The molecule has 1 aliphatic heterocycles. The minimum absolute atomic E-state index is 0.342. The Morgan fingerprint density at radius 3 is 2.44 bits per heavy atom. The molecule has 0 fully saturated rings. The number of fused-ring (bicyclic) bond motifs is 1. The molecule has 3 N–H and O–H groups in total. The zero-order valence-electron chi connectivity index (χ0n) is 19.2. The summed E-state index contributed by atoms with van der Waals surface area (Å²) in [6, 6.07) is 20.1. The molecule has 34 heavy (non-hydrogen) atoms. The Morgan fingerprint density at radius 1 is 1.03 bits per heavy atom. The Hall–Kier alpha value is -3.91. The topological polar surface area (TPSA) is 82.7 Å². The number of thiocarbonyl (C=S) groups is 1. The van der Waals surface area contributed by atoms with E-state index in [0.717, 1.165) is 27.7 Å². The molecule has 0 saturated heterocycles. The highest BCUT2D eigenvalue weighted by molar-refractivity contribution is 7.80. The van der Waals surface area contributed by atoms with Crippen LogP contribution in [-0.2, 0) is 9.53 Å². The van der Waals surface area contributed by atoms with Gasteiger partial charge in [0.05, 0.1) is 24.4 Å². The first-order valence-corrected chi connectivity index (χ1v) is 11.4. The van der Waals surface area contributed by atoms with Crippen LogP contribution in [0.5, 0.6) is 0 Å². The lowest BCUT2D eigenvalue weighted by Gasteiger charge is -2.36. The van der Waals surface area contributed by atoms with Crippen molar-refractivity contribution >= 4 is 51.5 Å². The van der Waals surface area contributed by atoms with Gasteiger partial charge in [0, 0.05) is 23.3 Å². The van der Waals surface area contributed by atoms with Gasteiger partial charge in [0.2, 0.25) is 0 Å². The molecule has 3 aromatic rings. The minimum Gasteiger partial charge on any atom is -0.466 e. The predicted octanol–water partition coefficient (Wildman–Crippen LogP) is 5.18. The van der Waals surface area contributed by atoms with Crippen molar-refractivity contribution in [2.45, 2.75) is 19.9 Å². The molecule has 1 atom stereocenters. The molecule has 1 unspecified atom stereocenters. The van der Waals surface area contributed by atoms with E-state index < -0.39 is 12.0 Å². The number of rotatable bonds is 5. The van der Waals surface area contributed by atoms with Crippen LogP contribution in [0.3, 0.4) is 0 Å². The van der Waals surface area contributed by atoms with Crippen molar-refractivity contribution in [2.24, 2.45) is 0 Å². The summed E-state index contributed by atoms with van der Waals surface area (Å²) in [5, 5.41) is 11.6. The molecule has 0 aliphatic carbocycles. The van der Waals surface area contributed by atoms with E-state index in [9.17, 15) is 9.59 Å². The molecule has 3 aromatic carbocycles. The maximum Gasteiger partial charge on any atom is 0.337 e. The van der Waals surface area contributed by atoms with Gasteiger partial charge in [-0.25, -0.2) is 9.59 Å². The molecule has 8 heteroatoms. The maximum atomic E-state index is 12.6. The fraction of sp³-hybridized carbons (Fsp3) is 0.192. The highest BCUT2D eigenvalue weighted by Gasteiger charge is 2.33. The van der Waals surface area contributed by atoms with Crippen LogP contribution in [0.2, 0.25) is 0 Å². The fourth-order valence-electron chi connectivity index (χ4n) is 4.16. The molecule has 0 spiro atoms. The highest BCUT2D eigenvalue weighted by atomic mass is 32.1. The number of hydrogen-bond donors (Lipinski definition) is 3. The zero-order valence-corrected chi connectivity index (χ0v) is 20.0. The molecule has 1 heterocycles. The molecule has 4 rings (SSSR count). The average Bonchev–Trinajstić information content (AvgIpc) is 2.84. The Balaban J connectivity index is 1.52. The average molecular weight is 475 g/mol. The number of carbonyl (C=O) groups is 2. The first kappa shape index (κ1) is 23.3. The van der Waals surface area contributed by atoms with Crippen molar-refractivity contribution in [1.82, 2.24) is 10.2 Å². The fourth-order valence-corrected chi connectivity index (χ4v) is 4.55. The SMILES string of the molecule is CCN1C(=S)NC(c2ccc(NC(=O)Nc3cccc4ccccc34)cc2)C(C(=O)OC)=C1C. The molecular weight excluding hydrogens is 448 g/mol. The third kappa shape index (κ3) is 4.58. The third-order valence-electron chi connectivity index (χ3n) is 5.86. The monoisotopic (exact) mass is 474 g/mol. The summed E-state index contributed by atoms with van der Waals surface area (Å²) in [6.07, 6.45) is 0. The van der Waals surface area contributed by atoms with Gasteiger partial charge in [0.15, 0.2) is 5.11 Å². The second kappa shape index (κ2) is 9.93. The second-order valence-electron chi connectivity index (χ2n) is 7.85. The number of urea groups is 1. The summed E-state index contributed by atoms with van der Waals surface area (Å²) in [7, 11) is 1.37. The lowest BCUT2D eigenvalue weighted by Crippen LogP contribution is -2.47. The van der Waals surface area contributed by atoms with Crippen LogP contribution in [-0.4, -0.2) is 35.7 Å². The summed E-state index contributed by atoms with van der Waals surface area (Å²) in [5.74, 6) is -0.410. The smallest absolute Gasteiger partial charge is 0.337 e. The summed E-state index contributed by atoms with van der Waals surface area (Å²) in [4.78, 5) is 27.0. The van der Waals surface area contributed by atoms with Crippen molar-refractivity contribution in [3.63, 3.8) is 0 Å². The van der Waals surface area contributed by atoms with E-state index in [1.54, 1.807) is 12.1 Å². The van der Waals surface area contributed by atoms with Crippen LogP contribution in [0.25, 0.3) is 10.8 Å². The molecule has 0 radical (unpaired) electrons. The van der Waals surface area contributed by atoms with E-state index >= 15 is 0 Å². The summed E-state index contributed by atoms with van der Waals surface area (Å²) >= 11 is 5.50. The molecule has 2 amide bonds. The third-order valence-corrected chi connectivity index (χ3v) is 6.20. The number of carbonyl (C=O) groups excluding carboxylic acids is 2. The highest BCUT2D eigenvalue weighted by Crippen LogP contribution is 2.32. The van der Waals surface area contributed by atoms with E-state index in [4.69, 9.17) is 17.0 Å². The van der Waals surface area contributed by atoms with Crippen molar-refractivity contribution in [2.75, 3.05) is 24.3 Å². The number of nitrogens with zero attached hydrogens (tertiary/aromatic N) is 1. The second-order valence-corrected chi connectivity index (χ2v) is 8.23. The van der Waals surface area contributed by atoms with Crippen LogP contribution >= 0.6 is 12.2 Å². The summed E-state index contributed by atoms with van der Waals surface area (Å²) < 4.78 is 5.03. The largest absolute Gasteiger partial charge is 0.466 e. The van der Waals surface area contributed by atoms with E-state index in [1.807, 2.05) is 73.3 Å². The van der Waals surface area contributed by atoms with Gasteiger partial charge in [-0.2, -0.15) is 0 Å². The predicted molar refractivity (Wildman–Crippen MR) is 139 cm³/mol. The Labute approximate surface area is 203 Å². The van der Waals surface area contributed by atoms with Gasteiger partial charge in [-0.05, 0) is 55.2 Å². The number of benzene rings is 3. The van der Waals surface area contributed by atoms with Gasteiger partial charge in [0.25, 0.3) is 0 Å². The molecule has 0 aromatic heterocycles. The van der Waals surface area contributed by atoms with Gasteiger partial charge in [-0.3, -0.25) is 0 Å². The Kier molecular flexibility index (Phi) is 6.79. The van der Waals surface area contributed by atoms with Crippen molar-refractivity contribution in [1.29, 1.82) is 0 Å². The number of methoxy groups -OCH3 is 1. The van der Waals surface area contributed by atoms with Crippen molar-refractivity contribution < 1.29 is 14.3 Å². The van der Waals surface area contributed by atoms with Gasteiger partial charge >= 0.3 is 12.0 Å². The number of anilines is 2. The summed E-state index contributed by atoms with van der Waals surface area (Å²) in [5.41, 5.74) is 3.45. The van der Waals surface area contributed by atoms with E-state index in [0.29, 0.717) is 22.9 Å². The van der Waals surface area contributed by atoms with Gasteiger partial charge < -0.3 is 25.6 Å². The number of allylic oxidation sites excluding steroid dienone is 1. The molecule has 1 aliphatic rings. The zero-order chi connectivity index (χ0) is 24.2. The number of hydrogen-bond acceptors (Lipinski definition) is 4. The molecular formula is C26H26N4O3S. The minimum atomic E-state index is -0.443. The maximum absolute atomic E-state index is 12.6. The van der Waals surface area contributed by atoms with Gasteiger partial charge in [-0.15, -0.1) is 0 Å². The van der Waals surface area contributed by atoms with E-state index in [-0.39, 0.29) is 6.03 Å². The number of amides is 2. The first-order chi connectivity index (χ1) is 16.4. The van der Waals surface area contributed by atoms with Crippen LogP contribution in [0.1, 0.15) is 25.5 Å². The van der Waals surface area contributed by atoms with Crippen molar-refractivity contribution in [3.8, 4) is 0 Å². The van der Waals surface area contributed by atoms with Crippen LogP contribution in [0.4, 0.5) is 16.2 Å². The number of nitrogens with one attached hydrogen (secondary N) is 3. The normalized spacial score (nSPS) is 15.7. The van der Waals surface area contributed by atoms with E-state index in [1.165, 1.54) is 7.11 Å². The number of esters is 1. The Bertz CT molecular complexity index is 1280. The Morgan fingerprint density at radius 2 is 1.74 bits per heavy atom. The molecule has 0 saturated carbocycles. The quantitative estimate of drug-likeness (QED) is 0.349. The lowest BCUT2D eigenvalue weighted by molar-refractivity contribution is -0.136. The lowest BCUT2D eigenvalue weighted by atomic mass is 9.95. The standard InChI is InChI=1S/C26H26N4O3S/c1-4-30-16(2)22(24(31)33-3)23(29-26(30)34)18-12-14-19(15-13-18)27-25(32)28-21-11-7-9-17-8-5-6-10-20(17)21/h5-15,23H,4H2,1-3H3,(H,29,34)(H2,27,28,32). The first-order valence-electron chi connectivity index (χ1n) is 11.0. The molecule has 7 nitrogen and oxygen atoms in total. The van der Waals surface area contributed by atoms with E-state index in [2.05, 4.69) is 16.0 Å². The van der Waals surface area contributed by atoms with Crippen LogP contribution in [0.15, 0.2) is 78.0 Å². The van der Waals surface area contributed by atoms with Gasteiger partial charge in [-0.1, -0.05) is 48.5 Å². The summed E-state index contributed by atoms with van der Waals surface area (Å²) in [6.45, 7) is 4.47. The van der Waals surface area contributed by atoms with Gasteiger partial charge in [0.1, 0.15) is 0 Å². The molecule has 174 valence electrons. The number of ether oxygens (including phenoxy) is 1. The molecule has 0 bridgehead atoms. The van der Waals surface area contributed by atoms with Crippen LogP contribution < -0.4 is 16.0 Å². The van der Waals surface area contributed by atoms with Crippen molar-refractivity contribution in [3.05, 3.63) is 83.6 Å².